The first kappa shape index (κ1) is 39.9. The summed E-state index contributed by atoms with van der Waals surface area (Å²) in [7, 11) is -3.94. The molecule has 9 rings (SSSR count). The first-order chi connectivity index (χ1) is 29.0. The van der Waals surface area contributed by atoms with Crippen molar-refractivity contribution in [2.24, 2.45) is 5.92 Å². The lowest BCUT2D eigenvalue weighted by Crippen LogP contribution is -2.58. The first-order valence-corrected chi connectivity index (χ1v) is 22.5. The number of benzene rings is 2. The summed E-state index contributed by atoms with van der Waals surface area (Å²) in [6.45, 7) is -0.119. The normalized spacial score (nSPS) is 26.4. The molecular formula is C43H47FN6O9S. The first-order valence-electron chi connectivity index (χ1n) is 20.9. The monoisotopic (exact) mass is 842 g/mol. The number of aromatic nitrogens is 2. The summed E-state index contributed by atoms with van der Waals surface area (Å²) in [6.07, 6.45) is 9.44. The van der Waals surface area contributed by atoms with Crippen molar-refractivity contribution in [1.82, 2.24) is 30.2 Å². The summed E-state index contributed by atoms with van der Waals surface area (Å²) < 4.78 is 61.0. The van der Waals surface area contributed by atoms with Crippen molar-refractivity contribution in [3.05, 3.63) is 66.5 Å². The number of rotatable bonds is 8. The number of carbonyl (C=O) groups is 4. The van der Waals surface area contributed by atoms with Crippen LogP contribution in [0.5, 0.6) is 5.88 Å². The standard InChI is InChI=1S/C43H47FN6O9S/c44-27-17-20-34-31(21-27)35-36(59-34)39(47-37(46-35)25-11-5-4-6-12-25)57-29-22-33-38(51)48-43(41(53)49-60(55,56)30-18-19-30)23-26(43)13-7-2-1-3-8-16-32(40(52)50(33)24-29)45-42(54)58-28-14-9-10-15-28/h4-7,11-13,17,20-21,26,28-30,32-33H,1-3,8-10,14-16,18-19,22-24H2,(H,45,54)(H,48,51)(H,49,53)/t26-,29-,32+,33+,43-/m1/s1. The van der Waals surface area contributed by atoms with Gasteiger partial charge in [-0.25, -0.2) is 22.6 Å². The van der Waals surface area contributed by atoms with Crippen molar-refractivity contribution in [3.8, 4) is 17.3 Å². The summed E-state index contributed by atoms with van der Waals surface area (Å²) in [5.74, 6) is -2.70. The molecule has 4 aromatic rings. The minimum atomic E-state index is -3.94. The molecule has 2 aromatic carbocycles. The third kappa shape index (κ3) is 8.15. The van der Waals surface area contributed by atoms with Gasteiger partial charge >= 0.3 is 6.09 Å². The van der Waals surface area contributed by atoms with Gasteiger partial charge in [-0.2, -0.15) is 4.98 Å². The third-order valence-electron chi connectivity index (χ3n) is 12.3. The lowest BCUT2D eigenvalue weighted by molar-refractivity contribution is -0.141. The van der Waals surface area contributed by atoms with E-state index in [1.54, 1.807) is 0 Å². The van der Waals surface area contributed by atoms with Crippen LogP contribution < -0.4 is 20.1 Å². The van der Waals surface area contributed by atoms with Gasteiger partial charge in [-0.1, -0.05) is 55.3 Å². The molecule has 0 radical (unpaired) electrons. The summed E-state index contributed by atoms with van der Waals surface area (Å²) >= 11 is 0. The molecule has 17 heteroatoms. The average Bonchev–Trinajstić information content (AvgIpc) is 4.05. The van der Waals surface area contributed by atoms with Crippen LogP contribution in [0.2, 0.25) is 0 Å². The maximum absolute atomic E-state index is 14.7. The number of ether oxygens (including phenoxy) is 2. The molecule has 0 spiro atoms. The molecule has 5 atom stereocenters. The van der Waals surface area contributed by atoms with Gasteiger partial charge in [0.05, 0.1) is 11.8 Å². The van der Waals surface area contributed by atoms with Crippen molar-refractivity contribution in [1.29, 1.82) is 0 Å². The van der Waals surface area contributed by atoms with Gasteiger partial charge in [-0.15, -0.1) is 0 Å². The predicted octanol–water partition coefficient (Wildman–Crippen LogP) is 5.57. The Morgan fingerprint density at radius 3 is 2.52 bits per heavy atom. The second kappa shape index (κ2) is 16.1. The van der Waals surface area contributed by atoms with E-state index < -0.39 is 74.5 Å². The number of halogens is 1. The molecule has 1 saturated heterocycles. The number of alkyl carbamates (subject to hydrolysis) is 1. The van der Waals surface area contributed by atoms with Gasteiger partial charge in [-0.05, 0) is 82.4 Å². The molecule has 3 saturated carbocycles. The minimum absolute atomic E-state index is 0.0133. The topological polar surface area (TPSA) is 199 Å². The highest BCUT2D eigenvalue weighted by molar-refractivity contribution is 7.91. The van der Waals surface area contributed by atoms with Crippen molar-refractivity contribution in [2.75, 3.05) is 6.54 Å². The fourth-order valence-corrected chi connectivity index (χ4v) is 10.1. The highest BCUT2D eigenvalue weighted by atomic mass is 32.2. The van der Waals surface area contributed by atoms with Gasteiger partial charge in [0.25, 0.3) is 11.8 Å². The zero-order chi connectivity index (χ0) is 41.6. The smallest absolute Gasteiger partial charge is 0.408 e. The Balaban J connectivity index is 1.06. The van der Waals surface area contributed by atoms with Crippen LogP contribution in [-0.2, 0) is 29.1 Å². The maximum Gasteiger partial charge on any atom is 0.408 e. The van der Waals surface area contributed by atoms with Crippen LogP contribution in [0.15, 0.2) is 65.1 Å². The molecular weight excluding hydrogens is 796 g/mol. The molecule has 4 fully saturated rings. The van der Waals surface area contributed by atoms with Gasteiger partial charge in [-0.3, -0.25) is 19.1 Å². The lowest BCUT2D eigenvalue weighted by atomic mass is 10.0. The SMILES string of the molecule is O=C(N[C@H]1CCCCCC=C[C@@H]2C[C@@]2(C(=O)NS(=O)(=O)C2CC2)NC(=O)[C@@H]2C[C@@H](Oc3nc(-c4ccccc4)nc4c3oc3ccc(F)cc34)CN2C1=O)OC1CCCC1. The average molecular weight is 843 g/mol. The van der Waals surface area contributed by atoms with E-state index in [2.05, 4.69) is 15.4 Å². The van der Waals surface area contributed by atoms with E-state index in [1.807, 2.05) is 42.5 Å². The number of furan rings is 1. The number of nitrogens with zero attached hydrogens (tertiary/aromatic N) is 3. The van der Waals surface area contributed by atoms with E-state index in [4.69, 9.17) is 23.9 Å². The Bertz CT molecular complexity index is 2470. The van der Waals surface area contributed by atoms with E-state index in [1.165, 1.54) is 23.1 Å². The molecule has 15 nitrogen and oxygen atoms in total. The highest BCUT2D eigenvalue weighted by Crippen LogP contribution is 2.46. The lowest BCUT2D eigenvalue weighted by Gasteiger charge is -2.30. The number of hydrogen-bond acceptors (Lipinski definition) is 11. The molecule has 5 aliphatic rings. The van der Waals surface area contributed by atoms with E-state index >= 15 is 0 Å². The Morgan fingerprint density at radius 1 is 0.950 bits per heavy atom. The highest BCUT2D eigenvalue weighted by Gasteiger charge is 2.62. The van der Waals surface area contributed by atoms with Crippen LogP contribution in [0.3, 0.4) is 0 Å². The summed E-state index contributed by atoms with van der Waals surface area (Å²) in [5, 5.41) is 5.42. The molecule has 2 aliphatic heterocycles. The zero-order valence-electron chi connectivity index (χ0n) is 32.9. The molecule has 0 unspecified atom stereocenters. The van der Waals surface area contributed by atoms with Crippen molar-refractivity contribution < 1.29 is 45.9 Å². The van der Waals surface area contributed by atoms with Gasteiger partial charge in [0, 0.05) is 23.3 Å². The predicted molar refractivity (Wildman–Crippen MR) is 216 cm³/mol. The van der Waals surface area contributed by atoms with Gasteiger partial charge in [0.1, 0.15) is 46.7 Å². The molecule has 60 heavy (non-hydrogen) atoms. The number of nitrogens with one attached hydrogen (secondary N) is 3. The quantitative estimate of drug-likeness (QED) is 0.188. The molecule has 316 valence electrons. The zero-order valence-corrected chi connectivity index (χ0v) is 33.8. The Morgan fingerprint density at radius 2 is 1.73 bits per heavy atom. The van der Waals surface area contributed by atoms with Crippen LogP contribution in [-0.4, -0.2) is 88.7 Å². The van der Waals surface area contributed by atoms with Crippen LogP contribution in [0.4, 0.5) is 9.18 Å². The van der Waals surface area contributed by atoms with Gasteiger partial charge in [0.15, 0.2) is 5.82 Å². The number of fused-ring (bicyclic) bond motifs is 5. The molecule has 3 N–H and O–H groups in total. The van der Waals surface area contributed by atoms with E-state index in [0.29, 0.717) is 47.7 Å². The Kier molecular flexibility index (Phi) is 10.7. The number of hydrogen-bond donors (Lipinski definition) is 3. The summed E-state index contributed by atoms with van der Waals surface area (Å²) in [6, 6.07) is 11.0. The van der Waals surface area contributed by atoms with Crippen LogP contribution in [0.25, 0.3) is 33.5 Å². The molecule has 0 bridgehead atoms. The van der Waals surface area contributed by atoms with Crippen LogP contribution in [0.1, 0.15) is 83.5 Å². The molecule has 4 heterocycles. The third-order valence-corrected chi connectivity index (χ3v) is 14.1. The number of amides is 4. The molecule has 2 aromatic heterocycles. The fourth-order valence-electron chi connectivity index (χ4n) is 8.73. The largest absolute Gasteiger partial charge is 0.470 e. The number of allylic oxidation sites excluding steroid dienone is 1. The van der Waals surface area contributed by atoms with Crippen molar-refractivity contribution in [3.63, 3.8) is 0 Å². The second-order valence-electron chi connectivity index (χ2n) is 16.6. The Hall–Kier alpha value is -5.58. The van der Waals surface area contributed by atoms with E-state index in [0.717, 1.165) is 38.5 Å². The second-order valence-corrected chi connectivity index (χ2v) is 18.6. The minimum Gasteiger partial charge on any atom is -0.470 e. The van der Waals surface area contributed by atoms with E-state index in [9.17, 15) is 32.0 Å². The van der Waals surface area contributed by atoms with Gasteiger partial charge < -0.3 is 29.4 Å². The van der Waals surface area contributed by atoms with Gasteiger partial charge in [0.2, 0.25) is 27.4 Å². The fraction of sp³-hybridized carbons (Fsp3) is 0.488. The molecule has 3 aliphatic carbocycles. The van der Waals surface area contributed by atoms with Crippen LogP contribution >= 0.6 is 0 Å². The van der Waals surface area contributed by atoms with Crippen molar-refractivity contribution in [2.45, 2.75) is 119 Å². The summed E-state index contributed by atoms with van der Waals surface area (Å²) in [4.78, 5) is 67.2. The maximum atomic E-state index is 14.7. The molecule has 4 amide bonds. The van der Waals surface area contributed by atoms with E-state index in [-0.39, 0.29) is 49.2 Å². The van der Waals surface area contributed by atoms with Crippen molar-refractivity contribution >= 4 is 55.9 Å². The van der Waals surface area contributed by atoms with Crippen LogP contribution in [0, 0.1) is 11.7 Å². The number of sulfonamides is 1. The number of carbonyl (C=O) groups excluding carboxylic acids is 4. The Labute approximate surface area is 345 Å². The summed E-state index contributed by atoms with van der Waals surface area (Å²) in [5.41, 5.74) is -0.101.